The molecule has 2 unspecified atom stereocenters. The minimum atomic E-state index is 0.0953. The number of hydrogen-bond acceptors (Lipinski definition) is 3. The van der Waals surface area contributed by atoms with Crippen LogP contribution >= 0.6 is 0 Å². The molecule has 2 rings (SSSR count). The molecule has 134 valence electrons. The van der Waals surface area contributed by atoms with Crippen molar-refractivity contribution in [2.45, 2.75) is 39.3 Å². The van der Waals surface area contributed by atoms with Crippen LogP contribution in [0.2, 0.25) is 0 Å². The van der Waals surface area contributed by atoms with Crippen LogP contribution in [0.3, 0.4) is 0 Å². The van der Waals surface area contributed by atoms with Crippen molar-refractivity contribution in [2.24, 2.45) is 10.4 Å². The van der Waals surface area contributed by atoms with E-state index in [1.165, 1.54) is 5.69 Å². The van der Waals surface area contributed by atoms with Crippen LogP contribution in [0.15, 0.2) is 35.3 Å². The normalized spacial score (nSPS) is 20.1. The molecule has 0 amide bonds. The van der Waals surface area contributed by atoms with E-state index in [2.05, 4.69) is 71.6 Å². The summed E-state index contributed by atoms with van der Waals surface area (Å²) in [5, 5.41) is 6.94. The van der Waals surface area contributed by atoms with E-state index in [1.54, 1.807) is 7.11 Å². The van der Waals surface area contributed by atoms with Crippen LogP contribution in [0.1, 0.15) is 27.2 Å². The highest BCUT2D eigenvalue weighted by atomic mass is 16.5. The van der Waals surface area contributed by atoms with E-state index in [1.807, 2.05) is 7.05 Å². The number of nitrogens with one attached hydrogen (secondary N) is 2. The molecule has 1 aliphatic heterocycles. The summed E-state index contributed by atoms with van der Waals surface area (Å²) in [5.74, 6) is 0.848. The number of para-hydroxylation sites is 1. The fourth-order valence-electron chi connectivity index (χ4n) is 3.07. The highest BCUT2D eigenvalue weighted by Gasteiger charge is 2.26. The molecule has 0 spiro atoms. The summed E-state index contributed by atoms with van der Waals surface area (Å²) in [5.41, 5.74) is 1.38. The van der Waals surface area contributed by atoms with Crippen molar-refractivity contribution in [2.75, 3.05) is 38.7 Å². The fraction of sp³-hybridized carbons (Fsp3) is 0.632. The Morgan fingerprint density at radius 1 is 1.33 bits per heavy atom. The van der Waals surface area contributed by atoms with Gasteiger partial charge in [0.25, 0.3) is 0 Å². The molecule has 1 aliphatic rings. The molecule has 1 heterocycles. The Balaban J connectivity index is 1.84. The smallest absolute Gasteiger partial charge is 0.191 e. The van der Waals surface area contributed by atoms with Crippen LogP contribution in [-0.2, 0) is 4.74 Å². The van der Waals surface area contributed by atoms with Gasteiger partial charge >= 0.3 is 0 Å². The number of guanidine groups is 1. The van der Waals surface area contributed by atoms with E-state index in [0.29, 0.717) is 6.04 Å². The maximum atomic E-state index is 5.60. The van der Waals surface area contributed by atoms with Gasteiger partial charge in [-0.25, -0.2) is 0 Å². The van der Waals surface area contributed by atoms with E-state index in [4.69, 9.17) is 4.74 Å². The summed E-state index contributed by atoms with van der Waals surface area (Å²) in [6.07, 6.45) is 1.25. The lowest BCUT2D eigenvalue weighted by Crippen LogP contribution is -2.48. The number of benzene rings is 1. The van der Waals surface area contributed by atoms with Crippen LogP contribution in [0.5, 0.6) is 0 Å². The molecule has 24 heavy (non-hydrogen) atoms. The van der Waals surface area contributed by atoms with Crippen molar-refractivity contribution in [3.8, 4) is 0 Å². The number of rotatable bonds is 5. The van der Waals surface area contributed by atoms with Gasteiger partial charge in [0, 0.05) is 45.5 Å². The van der Waals surface area contributed by atoms with E-state index < -0.39 is 0 Å². The monoisotopic (exact) mass is 332 g/mol. The van der Waals surface area contributed by atoms with Crippen LogP contribution in [0.4, 0.5) is 5.69 Å². The Morgan fingerprint density at radius 3 is 2.62 bits per heavy atom. The second-order valence-corrected chi connectivity index (χ2v) is 7.45. The van der Waals surface area contributed by atoms with Gasteiger partial charge in [0.2, 0.25) is 0 Å². The SMILES string of the molecule is CN=C(NCC(OC)C(C)(C)C)NC1CCN(c2ccccc2)C1. The Bertz CT molecular complexity index is 524. The molecule has 0 aliphatic carbocycles. The second-order valence-electron chi connectivity index (χ2n) is 7.45. The van der Waals surface area contributed by atoms with Crippen LogP contribution in [-0.4, -0.2) is 51.9 Å². The molecule has 2 atom stereocenters. The Morgan fingerprint density at radius 2 is 2.04 bits per heavy atom. The van der Waals surface area contributed by atoms with Crippen molar-refractivity contribution in [1.29, 1.82) is 0 Å². The molecule has 0 radical (unpaired) electrons. The third-order valence-electron chi connectivity index (χ3n) is 4.58. The number of hydrogen-bond donors (Lipinski definition) is 2. The Kier molecular flexibility index (Phi) is 6.49. The van der Waals surface area contributed by atoms with Crippen molar-refractivity contribution in [3.05, 3.63) is 30.3 Å². The molecule has 5 nitrogen and oxygen atoms in total. The average molecular weight is 332 g/mol. The standard InChI is InChI=1S/C19H32N4O/c1-19(2,3)17(24-5)13-21-18(20-4)22-15-11-12-23(14-15)16-9-7-6-8-10-16/h6-10,15,17H,11-14H2,1-5H3,(H2,20,21,22). The van der Waals surface area contributed by atoms with Crippen molar-refractivity contribution in [1.82, 2.24) is 10.6 Å². The lowest BCUT2D eigenvalue weighted by molar-refractivity contribution is 0.0205. The fourth-order valence-corrected chi connectivity index (χ4v) is 3.07. The predicted molar refractivity (Wildman–Crippen MR) is 102 cm³/mol. The number of ether oxygens (including phenoxy) is 1. The van der Waals surface area contributed by atoms with E-state index >= 15 is 0 Å². The average Bonchev–Trinajstić information content (AvgIpc) is 3.02. The highest BCUT2D eigenvalue weighted by molar-refractivity contribution is 5.80. The first-order valence-corrected chi connectivity index (χ1v) is 8.74. The molecule has 5 heteroatoms. The second kappa shape index (κ2) is 8.38. The first-order valence-electron chi connectivity index (χ1n) is 8.74. The zero-order valence-corrected chi connectivity index (χ0v) is 15.7. The summed E-state index contributed by atoms with van der Waals surface area (Å²) >= 11 is 0. The summed E-state index contributed by atoms with van der Waals surface area (Å²) in [6, 6.07) is 11.0. The van der Waals surface area contributed by atoms with Gasteiger partial charge in [0.05, 0.1) is 6.10 Å². The molecule has 1 saturated heterocycles. The predicted octanol–water partition coefficient (Wildman–Crippen LogP) is 2.49. The van der Waals surface area contributed by atoms with Crippen LogP contribution < -0.4 is 15.5 Å². The molecule has 0 aromatic heterocycles. The highest BCUT2D eigenvalue weighted by Crippen LogP contribution is 2.21. The van der Waals surface area contributed by atoms with Gasteiger partial charge in [-0.1, -0.05) is 39.0 Å². The van der Waals surface area contributed by atoms with Crippen LogP contribution in [0, 0.1) is 5.41 Å². The minimum absolute atomic E-state index is 0.0953. The van der Waals surface area contributed by atoms with Gasteiger partial charge < -0.3 is 20.3 Å². The molecule has 1 aromatic carbocycles. The third kappa shape index (κ3) is 5.13. The molecular weight excluding hydrogens is 300 g/mol. The largest absolute Gasteiger partial charge is 0.379 e. The first-order chi connectivity index (χ1) is 11.4. The number of anilines is 1. The summed E-state index contributed by atoms with van der Waals surface area (Å²) in [6.45, 7) is 9.38. The summed E-state index contributed by atoms with van der Waals surface area (Å²) < 4.78 is 5.60. The topological polar surface area (TPSA) is 48.9 Å². The molecule has 1 aromatic rings. The van der Waals surface area contributed by atoms with Crippen LogP contribution in [0.25, 0.3) is 0 Å². The van der Waals surface area contributed by atoms with Gasteiger partial charge in [0.15, 0.2) is 5.96 Å². The molecule has 0 bridgehead atoms. The number of aliphatic imine (C=N–C) groups is 1. The molecule has 1 fully saturated rings. The summed E-state index contributed by atoms with van der Waals surface area (Å²) in [4.78, 5) is 6.77. The van der Waals surface area contributed by atoms with Crippen molar-refractivity contribution < 1.29 is 4.74 Å². The molecule has 2 N–H and O–H groups in total. The number of methoxy groups -OCH3 is 1. The maximum absolute atomic E-state index is 5.60. The third-order valence-corrected chi connectivity index (χ3v) is 4.58. The zero-order chi connectivity index (χ0) is 17.6. The van der Waals surface area contributed by atoms with E-state index in [9.17, 15) is 0 Å². The first kappa shape index (κ1) is 18.6. The lowest BCUT2D eigenvalue weighted by atomic mass is 9.89. The molecule has 0 saturated carbocycles. The zero-order valence-electron chi connectivity index (χ0n) is 15.7. The maximum Gasteiger partial charge on any atom is 0.191 e. The van der Waals surface area contributed by atoms with E-state index in [-0.39, 0.29) is 11.5 Å². The molecular formula is C19H32N4O. The quantitative estimate of drug-likeness (QED) is 0.642. The van der Waals surface area contributed by atoms with E-state index in [0.717, 1.165) is 32.0 Å². The van der Waals surface area contributed by atoms with Gasteiger partial charge in [0.1, 0.15) is 0 Å². The lowest BCUT2D eigenvalue weighted by Gasteiger charge is -2.30. The van der Waals surface area contributed by atoms with Gasteiger partial charge in [-0.05, 0) is 24.0 Å². The Labute approximate surface area is 146 Å². The van der Waals surface area contributed by atoms with Gasteiger partial charge in [-0.15, -0.1) is 0 Å². The minimum Gasteiger partial charge on any atom is -0.379 e. The van der Waals surface area contributed by atoms with Gasteiger partial charge in [-0.3, -0.25) is 4.99 Å². The van der Waals surface area contributed by atoms with Crippen molar-refractivity contribution in [3.63, 3.8) is 0 Å². The summed E-state index contributed by atoms with van der Waals surface area (Å²) in [7, 11) is 3.58. The van der Waals surface area contributed by atoms with Gasteiger partial charge in [-0.2, -0.15) is 0 Å². The Hall–Kier alpha value is -1.75. The number of nitrogens with zero attached hydrogens (tertiary/aromatic N) is 2. The van der Waals surface area contributed by atoms with Crippen molar-refractivity contribution >= 4 is 11.6 Å².